The van der Waals surface area contributed by atoms with Gasteiger partial charge in [-0.1, -0.05) is 69.3 Å². The van der Waals surface area contributed by atoms with Gasteiger partial charge in [-0.15, -0.1) is 0 Å². The third kappa shape index (κ3) is 6.06. The van der Waals surface area contributed by atoms with Gasteiger partial charge in [-0.05, 0) is 59.7 Å². The lowest BCUT2D eigenvalue weighted by atomic mass is 9.86. The van der Waals surface area contributed by atoms with Gasteiger partial charge in [0.15, 0.2) is 0 Å². The first-order valence-corrected chi connectivity index (χ1v) is 14.5. The van der Waals surface area contributed by atoms with Gasteiger partial charge >= 0.3 is 0 Å². The monoisotopic (exact) mass is 542 g/mol. The van der Waals surface area contributed by atoms with Crippen LogP contribution in [-0.2, 0) is 21.9 Å². The molecule has 1 aromatic heterocycles. The maximum Gasteiger partial charge on any atom is 0.264 e. The summed E-state index contributed by atoms with van der Waals surface area (Å²) in [6.07, 6.45) is 0.361. The molecule has 3 aromatic carbocycles. The van der Waals surface area contributed by atoms with E-state index in [-0.39, 0.29) is 22.4 Å². The number of nitrogens with zero attached hydrogens (tertiary/aromatic N) is 2. The Bertz CT molecular complexity index is 1590. The molecule has 0 aliphatic carbocycles. The van der Waals surface area contributed by atoms with Crippen molar-refractivity contribution in [3.63, 3.8) is 0 Å². The van der Waals surface area contributed by atoms with Crippen LogP contribution in [0.1, 0.15) is 43.0 Å². The largest absolute Gasteiger partial charge is 0.472 e. The molecule has 0 spiro atoms. The molecular weight excluding hydrogens is 508 g/mol. The van der Waals surface area contributed by atoms with Crippen molar-refractivity contribution in [3.05, 3.63) is 95.1 Å². The number of nitrogens with one attached hydrogen (secondary N) is 2. The average Bonchev–Trinajstić information content (AvgIpc) is 2.86. The summed E-state index contributed by atoms with van der Waals surface area (Å²) >= 11 is 0. The second kappa shape index (κ2) is 10.3. The Kier molecular flexibility index (Phi) is 7.07. The molecule has 0 radical (unpaired) electrons. The SMILES string of the molecule is Cc1cccc(C)c1-c1cc2nc(n1)NS(=O)(=O)c1cccc(c1)NC[C@@H](Cc1ccc(C(C)(C)C)cc1)O2. The number of hydrogen-bond donors (Lipinski definition) is 2. The van der Waals surface area contributed by atoms with Gasteiger partial charge in [-0.2, -0.15) is 4.98 Å². The maximum absolute atomic E-state index is 13.2. The fourth-order valence-corrected chi connectivity index (χ4v) is 5.78. The Morgan fingerprint density at radius 2 is 1.62 bits per heavy atom. The van der Waals surface area contributed by atoms with Crippen molar-refractivity contribution in [2.45, 2.75) is 57.5 Å². The van der Waals surface area contributed by atoms with Crippen LogP contribution in [0.2, 0.25) is 0 Å². The molecule has 39 heavy (non-hydrogen) atoms. The van der Waals surface area contributed by atoms with E-state index in [1.54, 1.807) is 24.3 Å². The van der Waals surface area contributed by atoms with E-state index in [0.29, 0.717) is 30.2 Å². The van der Waals surface area contributed by atoms with E-state index in [9.17, 15) is 8.42 Å². The quantitative estimate of drug-likeness (QED) is 0.317. The summed E-state index contributed by atoms with van der Waals surface area (Å²) in [7, 11) is -3.91. The van der Waals surface area contributed by atoms with E-state index in [2.05, 4.69) is 65.0 Å². The summed E-state index contributed by atoms with van der Waals surface area (Å²) in [6, 6.07) is 23.1. The first-order chi connectivity index (χ1) is 18.5. The lowest BCUT2D eigenvalue weighted by Crippen LogP contribution is -2.29. The Hall–Kier alpha value is -3.91. The number of hydrogen-bond acceptors (Lipinski definition) is 6. The van der Waals surface area contributed by atoms with Crippen LogP contribution in [0, 0.1) is 13.8 Å². The smallest absolute Gasteiger partial charge is 0.264 e. The zero-order chi connectivity index (χ0) is 27.8. The molecule has 0 saturated heterocycles. The van der Waals surface area contributed by atoms with E-state index >= 15 is 0 Å². The highest BCUT2D eigenvalue weighted by Crippen LogP contribution is 2.31. The number of rotatable bonds is 3. The molecule has 4 bridgehead atoms. The molecule has 1 aliphatic rings. The van der Waals surface area contributed by atoms with Crippen molar-refractivity contribution in [1.82, 2.24) is 9.97 Å². The van der Waals surface area contributed by atoms with Crippen LogP contribution in [0.4, 0.5) is 11.6 Å². The highest BCUT2D eigenvalue weighted by molar-refractivity contribution is 7.92. The maximum atomic E-state index is 13.2. The van der Waals surface area contributed by atoms with Crippen LogP contribution < -0.4 is 14.8 Å². The minimum Gasteiger partial charge on any atom is -0.472 e. The predicted octanol–water partition coefficient (Wildman–Crippen LogP) is 6.27. The van der Waals surface area contributed by atoms with Crippen LogP contribution in [0.25, 0.3) is 11.3 Å². The molecule has 5 rings (SSSR count). The summed E-state index contributed by atoms with van der Waals surface area (Å²) in [5.74, 6) is 0.278. The van der Waals surface area contributed by atoms with Crippen LogP contribution in [0.3, 0.4) is 0 Å². The third-order valence-electron chi connectivity index (χ3n) is 6.91. The van der Waals surface area contributed by atoms with Crippen LogP contribution in [-0.4, -0.2) is 31.0 Å². The Morgan fingerprint density at radius 1 is 0.923 bits per heavy atom. The molecular formula is C31H34N4O3S. The van der Waals surface area contributed by atoms with Gasteiger partial charge in [0.1, 0.15) is 6.10 Å². The molecule has 8 heteroatoms. The minimum atomic E-state index is -3.91. The van der Waals surface area contributed by atoms with Crippen molar-refractivity contribution in [3.8, 4) is 17.1 Å². The summed E-state index contributed by atoms with van der Waals surface area (Å²) in [5, 5.41) is 3.36. The number of anilines is 2. The molecule has 1 aliphatic heterocycles. The highest BCUT2D eigenvalue weighted by Gasteiger charge is 2.22. The van der Waals surface area contributed by atoms with E-state index in [1.807, 2.05) is 38.1 Å². The molecule has 0 fully saturated rings. The van der Waals surface area contributed by atoms with Crippen molar-refractivity contribution in [2.24, 2.45) is 0 Å². The third-order valence-corrected chi connectivity index (χ3v) is 8.24. The van der Waals surface area contributed by atoms with Gasteiger partial charge in [0.25, 0.3) is 10.0 Å². The van der Waals surface area contributed by atoms with E-state index in [4.69, 9.17) is 4.74 Å². The number of fused-ring (bicyclic) bond motifs is 4. The lowest BCUT2D eigenvalue weighted by molar-refractivity contribution is 0.206. The average molecular weight is 543 g/mol. The molecule has 0 saturated carbocycles. The summed E-state index contributed by atoms with van der Waals surface area (Å²) < 4.78 is 35.4. The van der Waals surface area contributed by atoms with Gasteiger partial charge in [0.2, 0.25) is 11.8 Å². The standard InChI is InChI=1S/C31H34N4O3S/c1-20-8-6-9-21(2)29(20)27-18-28-34-30(33-27)35-39(36,37)26-11-7-10-24(17-26)32-19-25(38-28)16-22-12-14-23(15-13-22)31(3,4)5/h6-15,17-18,25,32H,16,19H2,1-5H3,(H,33,34,35)/t25-/m1/s1. The first kappa shape index (κ1) is 26.7. The van der Waals surface area contributed by atoms with Gasteiger partial charge in [0, 0.05) is 23.7 Å². The van der Waals surface area contributed by atoms with Crippen molar-refractivity contribution in [2.75, 3.05) is 16.6 Å². The number of benzene rings is 3. The molecule has 1 atom stereocenters. The molecule has 2 heterocycles. The molecule has 0 amide bonds. The van der Waals surface area contributed by atoms with Crippen molar-refractivity contribution >= 4 is 21.7 Å². The predicted molar refractivity (Wildman–Crippen MR) is 156 cm³/mol. The van der Waals surface area contributed by atoms with Crippen LogP contribution in [0.5, 0.6) is 5.88 Å². The normalized spacial score (nSPS) is 16.6. The first-order valence-electron chi connectivity index (χ1n) is 13.1. The molecule has 0 unspecified atom stereocenters. The molecule has 202 valence electrons. The van der Waals surface area contributed by atoms with Gasteiger partial charge < -0.3 is 10.1 Å². The summed E-state index contributed by atoms with van der Waals surface area (Å²) in [4.78, 5) is 9.21. The number of sulfonamides is 1. The zero-order valence-corrected chi connectivity index (χ0v) is 23.8. The number of aryl methyl sites for hydroxylation is 2. The fraction of sp³-hybridized carbons (Fsp3) is 0.290. The Morgan fingerprint density at radius 3 is 2.31 bits per heavy atom. The summed E-state index contributed by atoms with van der Waals surface area (Å²) in [6.45, 7) is 11.1. The molecule has 2 N–H and O–H groups in total. The summed E-state index contributed by atoms with van der Waals surface area (Å²) in [5.41, 5.74) is 6.75. The second-order valence-electron chi connectivity index (χ2n) is 11.1. The van der Waals surface area contributed by atoms with Crippen LogP contribution in [0.15, 0.2) is 77.7 Å². The highest BCUT2D eigenvalue weighted by atomic mass is 32.2. The lowest BCUT2D eigenvalue weighted by Gasteiger charge is -2.23. The van der Waals surface area contributed by atoms with Crippen molar-refractivity contribution in [1.29, 1.82) is 0 Å². The zero-order valence-electron chi connectivity index (χ0n) is 22.9. The molecule has 4 aromatic rings. The van der Waals surface area contributed by atoms with Gasteiger partial charge in [0.05, 0.1) is 17.1 Å². The minimum absolute atomic E-state index is 0.0302. The second-order valence-corrected chi connectivity index (χ2v) is 12.8. The number of ether oxygens (including phenoxy) is 1. The van der Waals surface area contributed by atoms with Gasteiger partial charge in [-0.3, -0.25) is 0 Å². The van der Waals surface area contributed by atoms with Gasteiger partial charge in [-0.25, -0.2) is 18.1 Å². The molecule has 7 nitrogen and oxygen atoms in total. The number of aromatic nitrogens is 2. The Balaban J connectivity index is 1.57. The van der Waals surface area contributed by atoms with E-state index in [1.165, 1.54) is 5.56 Å². The Labute approximate surface area is 230 Å². The fourth-order valence-electron chi connectivity index (χ4n) is 4.79. The van der Waals surface area contributed by atoms with E-state index < -0.39 is 10.0 Å². The van der Waals surface area contributed by atoms with Crippen molar-refractivity contribution < 1.29 is 13.2 Å². The van der Waals surface area contributed by atoms with E-state index in [0.717, 1.165) is 22.3 Å². The van der Waals surface area contributed by atoms with Crippen LogP contribution >= 0.6 is 0 Å². The topological polar surface area (TPSA) is 93.2 Å².